The van der Waals surface area contributed by atoms with E-state index >= 15 is 0 Å². The summed E-state index contributed by atoms with van der Waals surface area (Å²) in [5.74, 6) is -0.571. The molecule has 0 radical (unpaired) electrons. The van der Waals surface area contributed by atoms with Crippen molar-refractivity contribution in [2.75, 3.05) is 26.1 Å². The van der Waals surface area contributed by atoms with Crippen molar-refractivity contribution in [3.05, 3.63) is 89.6 Å². The Kier molecular flexibility index (Phi) is 7.67. The van der Waals surface area contributed by atoms with Crippen LogP contribution >= 0.6 is 0 Å². The van der Waals surface area contributed by atoms with Gasteiger partial charge in [0.05, 0.1) is 37.8 Å². The third kappa shape index (κ3) is 5.25. The molecule has 9 nitrogen and oxygen atoms in total. The zero-order valence-electron chi connectivity index (χ0n) is 25.5. The van der Waals surface area contributed by atoms with Gasteiger partial charge in [0.15, 0.2) is 5.82 Å². The fourth-order valence-corrected chi connectivity index (χ4v) is 6.35. The van der Waals surface area contributed by atoms with Gasteiger partial charge in [-0.3, -0.25) is 4.79 Å². The van der Waals surface area contributed by atoms with E-state index in [1.807, 2.05) is 35.2 Å². The molecule has 1 amide bonds. The number of anilines is 2. The second-order valence-electron chi connectivity index (χ2n) is 11.7. The number of nitrogens with zero attached hydrogens (tertiary/aromatic N) is 4. The molecule has 46 heavy (non-hydrogen) atoms. The van der Waals surface area contributed by atoms with E-state index in [1.54, 1.807) is 37.1 Å². The summed E-state index contributed by atoms with van der Waals surface area (Å²) in [4.78, 5) is 24.1. The van der Waals surface area contributed by atoms with Gasteiger partial charge in [-0.25, -0.2) is 18.7 Å². The van der Waals surface area contributed by atoms with Crippen molar-refractivity contribution in [1.82, 2.24) is 19.4 Å². The third-order valence-corrected chi connectivity index (χ3v) is 9.06. The van der Waals surface area contributed by atoms with E-state index in [-0.39, 0.29) is 52.4 Å². The monoisotopic (exact) mass is 625 g/mol. The zero-order valence-corrected chi connectivity index (χ0v) is 25.5. The number of benzene rings is 3. The topological polar surface area (TPSA) is 102 Å². The van der Waals surface area contributed by atoms with Crippen molar-refractivity contribution in [2.45, 2.75) is 44.2 Å². The number of methoxy groups -OCH3 is 2. The highest BCUT2D eigenvalue weighted by molar-refractivity contribution is 5.97. The minimum atomic E-state index is -0.807. The molecular weight excluding hydrogens is 592 g/mol. The van der Waals surface area contributed by atoms with Crippen LogP contribution in [-0.2, 0) is 11.3 Å². The van der Waals surface area contributed by atoms with Crippen molar-refractivity contribution >= 4 is 28.3 Å². The van der Waals surface area contributed by atoms with Crippen LogP contribution in [0.15, 0.2) is 66.9 Å². The Labute approximate surface area is 264 Å². The molecule has 2 N–H and O–H groups in total. The van der Waals surface area contributed by atoms with Gasteiger partial charge >= 0.3 is 0 Å². The standard InChI is InChI=1S/C35H33F2N5O4/c1-45-24-14-11-21(29(17-24)46-2)18-41-19-28-31(35(41)44)33(40-32(39-28)30-26(36)7-4-8-27(30)37)38-22-12-9-20(10-13-22)25-15-16-42(34(25)43)23-5-3-6-23/h4,7-14,17,19,23,25,44H,3,5-6,15-16,18H2,1-2H3,(H,38,39,40). The summed E-state index contributed by atoms with van der Waals surface area (Å²) in [5.41, 5.74) is 2.22. The molecule has 2 aliphatic rings. The molecule has 2 aromatic heterocycles. The number of carbonyl (C=O) groups excluding carboxylic acids is 1. The maximum absolute atomic E-state index is 14.9. The fraction of sp³-hybridized carbons (Fsp3) is 0.286. The maximum atomic E-state index is 14.9. The zero-order chi connectivity index (χ0) is 31.9. The molecule has 1 unspecified atom stereocenters. The number of nitrogens with one attached hydrogen (secondary N) is 1. The molecule has 1 aliphatic heterocycles. The Balaban J connectivity index is 1.25. The Hall–Kier alpha value is -5.19. The molecule has 1 saturated heterocycles. The van der Waals surface area contributed by atoms with E-state index in [0.717, 1.165) is 49.1 Å². The Morgan fingerprint density at radius 1 is 0.978 bits per heavy atom. The van der Waals surface area contributed by atoms with Crippen molar-refractivity contribution in [1.29, 1.82) is 0 Å². The molecule has 236 valence electrons. The van der Waals surface area contributed by atoms with Crippen LogP contribution in [-0.4, -0.2) is 57.3 Å². The SMILES string of the molecule is COc1ccc(Cn2cc3nc(-c4c(F)cccc4F)nc(Nc4ccc(C5CCN(C6CCC6)C5=O)cc4)c3c2O)c(OC)c1. The van der Waals surface area contributed by atoms with Crippen molar-refractivity contribution in [3.63, 3.8) is 0 Å². The molecule has 0 spiro atoms. The van der Waals surface area contributed by atoms with Gasteiger partial charge in [0.1, 0.15) is 34.3 Å². The number of hydrogen-bond donors (Lipinski definition) is 2. The van der Waals surface area contributed by atoms with Crippen LogP contribution < -0.4 is 14.8 Å². The molecule has 1 atom stereocenters. The summed E-state index contributed by atoms with van der Waals surface area (Å²) in [6, 6.07) is 16.8. The predicted molar refractivity (Wildman–Crippen MR) is 170 cm³/mol. The molecule has 1 aliphatic carbocycles. The van der Waals surface area contributed by atoms with Crippen LogP contribution in [0.5, 0.6) is 17.4 Å². The molecule has 1 saturated carbocycles. The molecule has 2 fully saturated rings. The average Bonchev–Trinajstić information content (AvgIpc) is 3.55. The Morgan fingerprint density at radius 2 is 1.74 bits per heavy atom. The van der Waals surface area contributed by atoms with Crippen LogP contribution in [0.3, 0.4) is 0 Å². The van der Waals surface area contributed by atoms with Gasteiger partial charge in [-0.1, -0.05) is 18.2 Å². The average molecular weight is 626 g/mol. The first-order chi connectivity index (χ1) is 22.3. The first kappa shape index (κ1) is 29.5. The number of halogens is 2. The Morgan fingerprint density at radius 3 is 2.41 bits per heavy atom. The lowest BCUT2D eigenvalue weighted by Crippen LogP contribution is -2.41. The van der Waals surface area contributed by atoms with Gasteiger partial charge in [-0.05, 0) is 67.6 Å². The first-order valence-electron chi connectivity index (χ1n) is 15.3. The summed E-state index contributed by atoms with van der Waals surface area (Å²) < 4.78 is 42.2. The van der Waals surface area contributed by atoms with E-state index in [4.69, 9.17) is 9.47 Å². The number of aromatic nitrogens is 3. The second-order valence-corrected chi connectivity index (χ2v) is 11.7. The number of ether oxygens (including phenoxy) is 2. The number of hydrogen-bond acceptors (Lipinski definition) is 7. The van der Waals surface area contributed by atoms with Crippen molar-refractivity contribution < 1.29 is 28.2 Å². The lowest BCUT2D eigenvalue weighted by molar-refractivity contribution is -0.132. The molecule has 3 heterocycles. The predicted octanol–water partition coefficient (Wildman–Crippen LogP) is 6.76. The van der Waals surface area contributed by atoms with Gasteiger partial charge in [0.2, 0.25) is 11.8 Å². The molecule has 3 aromatic carbocycles. The smallest absolute Gasteiger partial charge is 0.230 e. The van der Waals surface area contributed by atoms with Crippen LogP contribution in [0, 0.1) is 11.6 Å². The van der Waals surface area contributed by atoms with Crippen LogP contribution in [0.25, 0.3) is 22.3 Å². The van der Waals surface area contributed by atoms with Crippen molar-refractivity contribution in [3.8, 4) is 28.8 Å². The quantitative estimate of drug-likeness (QED) is 0.187. The number of aromatic hydroxyl groups is 1. The molecule has 11 heteroatoms. The lowest BCUT2D eigenvalue weighted by atomic mass is 9.91. The van der Waals surface area contributed by atoms with Gasteiger partial charge in [0, 0.05) is 36.1 Å². The largest absolute Gasteiger partial charge is 0.497 e. The fourth-order valence-electron chi connectivity index (χ4n) is 6.35. The number of likely N-dealkylation sites (tertiary alicyclic amines) is 1. The van der Waals surface area contributed by atoms with E-state index in [9.17, 15) is 18.7 Å². The number of rotatable bonds is 9. The van der Waals surface area contributed by atoms with E-state index in [1.165, 1.54) is 12.5 Å². The lowest BCUT2D eigenvalue weighted by Gasteiger charge is -2.34. The minimum Gasteiger partial charge on any atom is -0.497 e. The first-order valence-corrected chi connectivity index (χ1v) is 15.3. The maximum Gasteiger partial charge on any atom is 0.230 e. The highest BCUT2D eigenvalue weighted by Gasteiger charge is 2.38. The van der Waals surface area contributed by atoms with E-state index in [2.05, 4.69) is 15.3 Å². The molecular formula is C35H33F2N5O4. The summed E-state index contributed by atoms with van der Waals surface area (Å²) >= 11 is 0. The summed E-state index contributed by atoms with van der Waals surface area (Å²) in [7, 11) is 3.11. The number of amides is 1. The molecule has 5 aromatic rings. The van der Waals surface area contributed by atoms with Crippen LogP contribution in [0.1, 0.15) is 42.7 Å². The molecule has 7 rings (SSSR count). The third-order valence-electron chi connectivity index (χ3n) is 9.06. The van der Waals surface area contributed by atoms with Crippen LogP contribution in [0.4, 0.5) is 20.3 Å². The van der Waals surface area contributed by atoms with Gasteiger partial charge in [-0.15, -0.1) is 0 Å². The minimum absolute atomic E-state index is 0.139. The van der Waals surface area contributed by atoms with Gasteiger partial charge < -0.3 is 29.4 Å². The second kappa shape index (κ2) is 12.0. The Bertz CT molecular complexity index is 1920. The summed E-state index contributed by atoms with van der Waals surface area (Å²) in [6.45, 7) is 0.987. The highest BCUT2D eigenvalue weighted by atomic mass is 19.1. The van der Waals surface area contributed by atoms with E-state index in [0.29, 0.717) is 23.2 Å². The highest BCUT2D eigenvalue weighted by Crippen LogP contribution is 2.39. The number of carbonyl (C=O) groups is 1. The summed E-state index contributed by atoms with van der Waals surface area (Å²) in [6.07, 6.45) is 5.72. The molecule has 0 bridgehead atoms. The van der Waals surface area contributed by atoms with Crippen LogP contribution in [0.2, 0.25) is 0 Å². The van der Waals surface area contributed by atoms with Gasteiger partial charge in [-0.2, -0.15) is 0 Å². The normalized spacial score (nSPS) is 16.6. The van der Waals surface area contributed by atoms with Crippen molar-refractivity contribution in [2.24, 2.45) is 0 Å². The van der Waals surface area contributed by atoms with E-state index < -0.39 is 11.6 Å². The summed E-state index contributed by atoms with van der Waals surface area (Å²) in [5, 5.41) is 14.9. The number of fused-ring (bicyclic) bond motifs is 1. The van der Waals surface area contributed by atoms with Gasteiger partial charge in [0.25, 0.3) is 0 Å².